The third-order valence-electron chi connectivity index (χ3n) is 5.54. The largest absolute Gasteiger partial charge is 0.460 e. The number of likely N-dealkylation sites (tertiary alicyclic amines) is 1. The van der Waals surface area contributed by atoms with Crippen LogP contribution in [0.3, 0.4) is 0 Å². The number of piperidine rings is 1. The van der Waals surface area contributed by atoms with Crippen LogP contribution in [0, 0.1) is 0 Å². The van der Waals surface area contributed by atoms with Gasteiger partial charge in [-0.05, 0) is 36.4 Å². The van der Waals surface area contributed by atoms with E-state index in [1.54, 1.807) is 0 Å². The van der Waals surface area contributed by atoms with Gasteiger partial charge in [0.05, 0.1) is 23.4 Å². The van der Waals surface area contributed by atoms with Crippen molar-refractivity contribution in [3.63, 3.8) is 0 Å². The number of hydrogen-bond acceptors (Lipinski definition) is 4. The summed E-state index contributed by atoms with van der Waals surface area (Å²) in [5, 5.41) is 0. The van der Waals surface area contributed by atoms with E-state index in [-0.39, 0.29) is 47.8 Å². The van der Waals surface area contributed by atoms with Gasteiger partial charge in [-0.15, -0.1) is 0 Å². The van der Waals surface area contributed by atoms with Crippen molar-refractivity contribution in [2.75, 3.05) is 13.1 Å². The Balaban J connectivity index is 1.59. The summed E-state index contributed by atoms with van der Waals surface area (Å²) in [7, 11) is 0. The second-order valence-corrected chi connectivity index (χ2v) is 7.81. The van der Waals surface area contributed by atoms with Gasteiger partial charge in [-0.2, -0.15) is 13.2 Å². The topological polar surface area (TPSA) is 72.4 Å². The number of halogens is 5. The molecule has 0 unspecified atom stereocenters. The molecule has 0 saturated carbocycles. The molecular formula is C23H20F5N3O2. The molecule has 3 aromatic rings. The average Bonchev–Trinajstić information content (AvgIpc) is 3.27. The SMILES string of the molecule is NCc1ccc(-c2ccc(-c3ccc(C(=O)N4CCC(F)(F)CC4)cn3)cc2C(F)(F)F)o1. The third-order valence-corrected chi connectivity index (χ3v) is 5.54. The summed E-state index contributed by atoms with van der Waals surface area (Å²) in [6, 6.07) is 9.55. The van der Waals surface area contributed by atoms with Gasteiger partial charge in [0.2, 0.25) is 0 Å². The van der Waals surface area contributed by atoms with Gasteiger partial charge >= 0.3 is 6.18 Å². The molecule has 0 aliphatic carbocycles. The third kappa shape index (κ3) is 4.90. The highest BCUT2D eigenvalue weighted by Gasteiger charge is 2.36. The number of benzene rings is 1. The number of nitrogens with zero attached hydrogens (tertiary/aromatic N) is 2. The Hall–Kier alpha value is -3.27. The van der Waals surface area contributed by atoms with Gasteiger partial charge in [0, 0.05) is 43.3 Å². The van der Waals surface area contributed by atoms with Gasteiger partial charge in [0.25, 0.3) is 11.8 Å². The number of carbonyl (C=O) groups excluding carboxylic acids is 1. The molecule has 0 spiro atoms. The van der Waals surface area contributed by atoms with E-state index >= 15 is 0 Å². The Kier molecular flexibility index (Phi) is 5.96. The zero-order valence-electron chi connectivity index (χ0n) is 17.3. The van der Waals surface area contributed by atoms with Crippen molar-refractivity contribution in [1.29, 1.82) is 0 Å². The van der Waals surface area contributed by atoms with Crippen LogP contribution in [0.25, 0.3) is 22.6 Å². The predicted octanol–water partition coefficient (Wildman–Crippen LogP) is 5.36. The van der Waals surface area contributed by atoms with Crippen LogP contribution in [0.2, 0.25) is 0 Å². The molecule has 4 rings (SSSR count). The van der Waals surface area contributed by atoms with Crippen molar-refractivity contribution in [1.82, 2.24) is 9.88 Å². The van der Waals surface area contributed by atoms with Gasteiger partial charge in [0.1, 0.15) is 11.5 Å². The summed E-state index contributed by atoms with van der Waals surface area (Å²) in [5.41, 5.74) is 5.07. The highest BCUT2D eigenvalue weighted by molar-refractivity contribution is 5.94. The molecule has 2 aromatic heterocycles. The molecule has 174 valence electrons. The first-order chi connectivity index (χ1) is 15.6. The molecule has 1 aliphatic heterocycles. The second kappa shape index (κ2) is 8.58. The van der Waals surface area contributed by atoms with E-state index in [2.05, 4.69) is 4.98 Å². The van der Waals surface area contributed by atoms with Crippen LogP contribution in [-0.2, 0) is 12.7 Å². The van der Waals surface area contributed by atoms with Crippen molar-refractivity contribution in [2.24, 2.45) is 5.73 Å². The minimum absolute atomic E-state index is 0.0512. The average molecular weight is 465 g/mol. The smallest absolute Gasteiger partial charge is 0.417 e. The maximum atomic E-state index is 13.8. The van der Waals surface area contributed by atoms with E-state index in [9.17, 15) is 26.7 Å². The molecule has 33 heavy (non-hydrogen) atoms. The maximum Gasteiger partial charge on any atom is 0.417 e. The lowest BCUT2D eigenvalue weighted by Gasteiger charge is -2.31. The summed E-state index contributed by atoms with van der Waals surface area (Å²) in [4.78, 5) is 18.0. The molecule has 10 heteroatoms. The maximum absolute atomic E-state index is 13.8. The summed E-state index contributed by atoms with van der Waals surface area (Å²) in [6.07, 6.45) is -4.21. The fraction of sp³-hybridized carbons (Fsp3) is 0.304. The summed E-state index contributed by atoms with van der Waals surface area (Å²) in [5.74, 6) is -2.80. The van der Waals surface area contributed by atoms with E-state index in [1.165, 1.54) is 47.5 Å². The number of furan rings is 1. The fourth-order valence-corrected chi connectivity index (χ4v) is 3.70. The molecule has 3 heterocycles. The molecule has 0 radical (unpaired) electrons. The lowest BCUT2D eigenvalue weighted by Crippen LogP contribution is -2.42. The summed E-state index contributed by atoms with van der Waals surface area (Å²) < 4.78 is 73.3. The normalized spacial score (nSPS) is 16.1. The van der Waals surface area contributed by atoms with Crippen LogP contribution >= 0.6 is 0 Å². The van der Waals surface area contributed by atoms with Crippen LogP contribution in [0.15, 0.2) is 53.1 Å². The van der Waals surface area contributed by atoms with Crippen LogP contribution in [0.5, 0.6) is 0 Å². The molecular weight excluding hydrogens is 445 g/mol. The van der Waals surface area contributed by atoms with Crippen LogP contribution in [0.1, 0.15) is 34.5 Å². The molecule has 1 amide bonds. The number of rotatable bonds is 4. The minimum atomic E-state index is -4.65. The number of hydrogen-bond donors (Lipinski definition) is 1. The van der Waals surface area contributed by atoms with Crippen molar-refractivity contribution in [3.8, 4) is 22.6 Å². The van der Waals surface area contributed by atoms with Crippen LogP contribution < -0.4 is 5.73 Å². The van der Waals surface area contributed by atoms with Crippen molar-refractivity contribution in [3.05, 3.63) is 65.5 Å². The number of amides is 1. The highest BCUT2D eigenvalue weighted by Crippen LogP contribution is 2.40. The first-order valence-corrected chi connectivity index (χ1v) is 10.2. The Morgan fingerprint density at radius 3 is 2.39 bits per heavy atom. The van der Waals surface area contributed by atoms with E-state index in [4.69, 9.17) is 10.2 Å². The van der Waals surface area contributed by atoms with Crippen LogP contribution in [-0.4, -0.2) is 34.8 Å². The first kappa shape index (κ1) is 22.9. The minimum Gasteiger partial charge on any atom is -0.460 e. The molecule has 0 atom stereocenters. The van der Waals surface area contributed by atoms with Gasteiger partial charge in [0.15, 0.2) is 0 Å². The summed E-state index contributed by atoms with van der Waals surface area (Å²) >= 11 is 0. The number of carbonyl (C=O) groups is 1. The van der Waals surface area contributed by atoms with Gasteiger partial charge in [-0.25, -0.2) is 8.78 Å². The van der Waals surface area contributed by atoms with E-state index < -0.39 is 36.4 Å². The zero-order chi connectivity index (χ0) is 23.8. The Morgan fingerprint density at radius 1 is 1.09 bits per heavy atom. The number of alkyl halides is 5. The monoisotopic (exact) mass is 465 g/mol. The van der Waals surface area contributed by atoms with Gasteiger partial charge < -0.3 is 15.1 Å². The highest BCUT2D eigenvalue weighted by atomic mass is 19.4. The molecule has 1 saturated heterocycles. The zero-order valence-corrected chi connectivity index (χ0v) is 17.3. The number of aromatic nitrogens is 1. The Labute approximate surface area is 186 Å². The van der Waals surface area contributed by atoms with Crippen LogP contribution in [0.4, 0.5) is 22.0 Å². The molecule has 0 bridgehead atoms. The van der Waals surface area contributed by atoms with Gasteiger partial charge in [-0.3, -0.25) is 9.78 Å². The van der Waals surface area contributed by atoms with Crippen molar-refractivity contribution in [2.45, 2.75) is 31.5 Å². The van der Waals surface area contributed by atoms with E-state index in [0.717, 1.165) is 6.07 Å². The molecule has 1 aromatic carbocycles. The predicted molar refractivity (Wildman–Crippen MR) is 110 cm³/mol. The van der Waals surface area contributed by atoms with Crippen molar-refractivity contribution >= 4 is 5.91 Å². The standard InChI is InChI=1S/C23H20F5N3O2/c24-22(25)7-9-31(10-8-22)21(32)15-2-5-19(30-13-15)14-1-4-17(18(11-14)23(26,27)28)20-6-3-16(12-29)33-20/h1-6,11,13H,7-10,12,29H2. The number of nitrogens with two attached hydrogens (primary N) is 1. The Morgan fingerprint density at radius 2 is 1.82 bits per heavy atom. The lowest BCUT2D eigenvalue weighted by atomic mass is 9.99. The number of pyridine rings is 1. The molecule has 1 aliphatic rings. The molecule has 5 nitrogen and oxygen atoms in total. The van der Waals surface area contributed by atoms with Gasteiger partial charge in [-0.1, -0.05) is 6.07 Å². The first-order valence-electron chi connectivity index (χ1n) is 10.2. The quantitative estimate of drug-likeness (QED) is 0.527. The van der Waals surface area contributed by atoms with Crippen molar-refractivity contribution < 1.29 is 31.2 Å². The second-order valence-electron chi connectivity index (χ2n) is 7.81. The van der Waals surface area contributed by atoms with E-state index in [0.29, 0.717) is 5.76 Å². The lowest BCUT2D eigenvalue weighted by molar-refractivity contribution is -0.137. The Bertz CT molecular complexity index is 1150. The summed E-state index contributed by atoms with van der Waals surface area (Å²) in [6.45, 7) is -0.0699. The molecule has 1 fully saturated rings. The van der Waals surface area contributed by atoms with E-state index in [1.807, 2.05) is 0 Å². The molecule has 2 N–H and O–H groups in total. The fourth-order valence-electron chi connectivity index (χ4n) is 3.70.